The van der Waals surface area contributed by atoms with Crippen molar-refractivity contribution in [3.8, 4) is 17.4 Å². The summed E-state index contributed by atoms with van der Waals surface area (Å²) in [6.45, 7) is 8.51. The van der Waals surface area contributed by atoms with E-state index in [2.05, 4.69) is 20.4 Å². The molecule has 1 aromatic carbocycles. The van der Waals surface area contributed by atoms with Gasteiger partial charge in [0.25, 0.3) is 0 Å². The number of amides is 2. The van der Waals surface area contributed by atoms with Gasteiger partial charge < -0.3 is 24.8 Å². The van der Waals surface area contributed by atoms with E-state index in [0.717, 1.165) is 6.07 Å². The van der Waals surface area contributed by atoms with Crippen LogP contribution in [0.5, 0.6) is 17.4 Å². The third-order valence-corrected chi connectivity index (χ3v) is 4.20. The molecule has 0 bridgehead atoms. The summed E-state index contributed by atoms with van der Waals surface area (Å²) in [5, 5.41) is 5.21. The summed E-state index contributed by atoms with van der Waals surface area (Å²) >= 11 is 0. The van der Waals surface area contributed by atoms with Crippen LogP contribution in [-0.4, -0.2) is 35.0 Å². The highest BCUT2D eigenvalue weighted by atomic mass is 19.4. The van der Waals surface area contributed by atoms with Crippen LogP contribution in [0.25, 0.3) is 0 Å². The fraction of sp³-hybridized carbons (Fsp3) is 0.435. The molecule has 2 amide bonds. The number of anilines is 1. The Morgan fingerprint density at radius 3 is 2.38 bits per heavy atom. The molecule has 1 atom stereocenters. The number of nitrogens with one attached hydrogen (secondary N) is 2. The van der Waals surface area contributed by atoms with Crippen molar-refractivity contribution in [2.45, 2.75) is 65.5 Å². The van der Waals surface area contributed by atoms with Gasteiger partial charge in [-0.2, -0.15) is 0 Å². The zero-order valence-corrected chi connectivity index (χ0v) is 19.6. The molecule has 0 aliphatic heterocycles. The number of ether oxygens (including phenoxy) is 3. The zero-order chi connectivity index (χ0) is 25.5. The number of hydrogen-bond donors (Lipinski definition) is 2. The molecule has 0 aliphatic carbocycles. The molecular weight excluding hydrogens is 455 g/mol. The van der Waals surface area contributed by atoms with Gasteiger partial charge in [0.15, 0.2) is 0 Å². The van der Waals surface area contributed by atoms with Gasteiger partial charge in [0.2, 0.25) is 11.8 Å². The third kappa shape index (κ3) is 9.16. The van der Waals surface area contributed by atoms with Crippen molar-refractivity contribution in [2.75, 3.05) is 5.32 Å². The zero-order valence-electron chi connectivity index (χ0n) is 19.6. The van der Waals surface area contributed by atoms with Gasteiger partial charge in [0.05, 0.1) is 11.9 Å². The molecule has 2 rings (SSSR count). The first kappa shape index (κ1) is 26.7. The number of pyridine rings is 1. The number of hydrogen-bond acceptors (Lipinski definition) is 6. The quantitative estimate of drug-likeness (QED) is 0.499. The lowest BCUT2D eigenvalue weighted by Crippen LogP contribution is -2.45. The van der Waals surface area contributed by atoms with Crippen LogP contribution < -0.4 is 20.1 Å². The molecule has 0 saturated heterocycles. The first-order valence-electron chi connectivity index (χ1n) is 10.6. The first-order valence-corrected chi connectivity index (χ1v) is 10.6. The van der Waals surface area contributed by atoms with Gasteiger partial charge in [0, 0.05) is 12.1 Å². The summed E-state index contributed by atoms with van der Waals surface area (Å²) in [5.74, 6) is -0.639. The molecule has 1 aromatic heterocycles. The topological polar surface area (TPSA) is 98.8 Å². The maximum Gasteiger partial charge on any atom is 0.573 e. The molecule has 34 heavy (non-hydrogen) atoms. The summed E-state index contributed by atoms with van der Waals surface area (Å²) in [7, 11) is 0. The SMILES string of the molecule is CCC[C@@H](NC(=O)OC(C)(C)C)C(=O)Nc1ccc(Oc2ccc(C)c(OC(F)(F)F)c2)nc1. The number of aryl methyl sites for hydroxylation is 1. The molecule has 8 nitrogen and oxygen atoms in total. The molecule has 11 heteroatoms. The van der Waals surface area contributed by atoms with E-state index in [0.29, 0.717) is 18.5 Å². The van der Waals surface area contributed by atoms with Crippen LogP contribution in [-0.2, 0) is 9.53 Å². The van der Waals surface area contributed by atoms with E-state index in [9.17, 15) is 22.8 Å². The highest BCUT2D eigenvalue weighted by Crippen LogP contribution is 2.31. The summed E-state index contributed by atoms with van der Waals surface area (Å²) in [6, 6.07) is 6.16. The smallest absolute Gasteiger partial charge is 0.444 e. The van der Waals surface area contributed by atoms with Gasteiger partial charge >= 0.3 is 12.5 Å². The summed E-state index contributed by atoms with van der Waals surface area (Å²) < 4.78 is 52.3. The van der Waals surface area contributed by atoms with Crippen molar-refractivity contribution >= 4 is 17.7 Å². The van der Waals surface area contributed by atoms with Crippen LogP contribution in [0.15, 0.2) is 36.5 Å². The minimum Gasteiger partial charge on any atom is -0.444 e. The number of aromatic nitrogens is 1. The largest absolute Gasteiger partial charge is 0.573 e. The average Bonchev–Trinajstić information content (AvgIpc) is 2.69. The number of alkyl halides is 3. The maximum absolute atomic E-state index is 12.6. The minimum absolute atomic E-state index is 0.0943. The Bertz CT molecular complexity index is 989. The monoisotopic (exact) mass is 483 g/mol. The predicted molar refractivity (Wildman–Crippen MR) is 119 cm³/mol. The second-order valence-corrected chi connectivity index (χ2v) is 8.44. The number of nitrogens with zero attached hydrogens (tertiary/aromatic N) is 1. The van der Waals surface area contributed by atoms with E-state index >= 15 is 0 Å². The Hall–Kier alpha value is -3.50. The van der Waals surface area contributed by atoms with Crippen molar-refractivity contribution < 1.29 is 37.0 Å². The summed E-state index contributed by atoms with van der Waals surface area (Å²) in [6.07, 6.45) is -3.15. The molecule has 0 spiro atoms. The Balaban J connectivity index is 2.02. The second kappa shape index (κ2) is 11.1. The van der Waals surface area contributed by atoms with Crippen molar-refractivity contribution in [1.29, 1.82) is 0 Å². The van der Waals surface area contributed by atoms with Crippen LogP contribution in [0.4, 0.5) is 23.7 Å². The van der Waals surface area contributed by atoms with Crippen LogP contribution >= 0.6 is 0 Å². The minimum atomic E-state index is -4.82. The van der Waals surface area contributed by atoms with E-state index in [-0.39, 0.29) is 22.9 Å². The van der Waals surface area contributed by atoms with E-state index in [1.54, 1.807) is 20.8 Å². The molecule has 0 unspecified atom stereocenters. The third-order valence-electron chi connectivity index (χ3n) is 4.20. The van der Waals surface area contributed by atoms with Crippen molar-refractivity contribution in [3.63, 3.8) is 0 Å². The van der Waals surface area contributed by atoms with Crippen LogP contribution in [0.2, 0.25) is 0 Å². The number of benzene rings is 1. The molecule has 0 fully saturated rings. The van der Waals surface area contributed by atoms with Gasteiger partial charge in [-0.25, -0.2) is 9.78 Å². The van der Waals surface area contributed by atoms with E-state index < -0.39 is 30.0 Å². The van der Waals surface area contributed by atoms with Gasteiger partial charge in [-0.15, -0.1) is 13.2 Å². The number of carbonyl (C=O) groups is 2. The van der Waals surface area contributed by atoms with Gasteiger partial charge in [-0.1, -0.05) is 19.4 Å². The van der Waals surface area contributed by atoms with Crippen LogP contribution in [0, 0.1) is 6.92 Å². The Morgan fingerprint density at radius 1 is 1.12 bits per heavy atom. The summed E-state index contributed by atoms with van der Waals surface area (Å²) in [4.78, 5) is 28.7. The lowest BCUT2D eigenvalue weighted by Gasteiger charge is -2.23. The normalized spacial score (nSPS) is 12.5. The number of rotatable bonds is 8. The lowest BCUT2D eigenvalue weighted by atomic mass is 10.1. The Kier molecular flexibility index (Phi) is 8.72. The fourth-order valence-corrected chi connectivity index (χ4v) is 2.75. The molecule has 186 valence electrons. The molecule has 0 saturated carbocycles. The maximum atomic E-state index is 12.6. The molecule has 1 heterocycles. The molecular formula is C23H28F3N3O5. The van der Waals surface area contributed by atoms with Crippen LogP contribution in [0.3, 0.4) is 0 Å². The number of carbonyl (C=O) groups excluding carboxylic acids is 2. The van der Waals surface area contributed by atoms with Crippen LogP contribution in [0.1, 0.15) is 46.1 Å². The van der Waals surface area contributed by atoms with Crippen molar-refractivity contribution in [3.05, 3.63) is 42.1 Å². The highest BCUT2D eigenvalue weighted by molar-refractivity contribution is 5.96. The van der Waals surface area contributed by atoms with Crippen molar-refractivity contribution in [2.24, 2.45) is 0 Å². The summed E-state index contributed by atoms with van der Waals surface area (Å²) in [5.41, 5.74) is -0.0690. The first-order chi connectivity index (χ1) is 15.8. The standard InChI is InChI=1S/C23H28F3N3O5/c1-6-7-17(29-21(31)34-22(3,4)5)20(30)28-15-9-11-19(27-13-15)32-16-10-8-14(2)18(12-16)33-23(24,25)26/h8-13,17H,6-7H2,1-5H3,(H,28,30)(H,29,31)/t17-/m1/s1. The average molecular weight is 483 g/mol. The van der Waals surface area contributed by atoms with Gasteiger partial charge in [-0.3, -0.25) is 4.79 Å². The molecule has 2 aromatic rings. The predicted octanol–water partition coefficient (Wildman–Crippen LogP) is 5.71. The van der Waals surface area contributed by atoms with Crippen molar-refractivity contribution in [1.82, 2.24) is 10.3 Å². The highest BCUT2D eigenvalue weighted by Gasteiger charge is 2.32. The number of halogens is 3. The molecule has 0 aliphatic rings. The van der Waals surface area contributed by atoms with Gasteiger partial charge in [-0.05, 0) is 51.8 Å². The van der Waals surface area contributed by atoms with E-state index in [1.807, 2.05) is 6.92 Å². The molecule has 2 N–H and O–H groups in total. The molecule has 0 radical (unpaired) electrons. The van der Waals surface area contributed by atoms with E-state index in [1.165, 1.54) is 37.4 Å². The van der Waals surface area contributed by atoms with E-state index in [4.69, 9.17) is 9.47 Å². The lowest BCUT2D eigenvalue weighted by molar-refractivity contribution is -0.274. The second-order valence-electron chi connectivity index (χ2n) is 8.44. The Labute approximate surface area is 195 Å². The van der Waals surface area contributed by atoms with Gasteiger partial charge in [0.1, 0.15) is 23.1 Å². The Morgan fingerprint density at radius 2 is 1.82 bits per heavy atom. The number of alkyl carbamates (subject to hydrolysis) is 1. The fourth-order valence-electron chi connectivity index (χ4n) is 2.75.